The molecule has 0 heterocycles. The van der Waals surface area contributed by atoms with Crippen molar-refractivity contribution in [2.45, 2.75) is 38.7 Å². The Kier molecular flexibility index (Phi) is 5.60. The zero-order valence-electron chi connectivity index (χ0n) is 14.0. The lowest BCUT2D eigenvalue weighted by molar-refractivity contribution is 0.293. The van der Waals surface area contributed by atoms with Crippen molar-refractivity contribution in [3.05, 3.63) is 67.6 Å². The van der Waals surface area contributed by atoms with Crippen LogP contribution in [0.15, 0.2) is 60.7 Å². The van der Waals surface area contributed by atoms with Crippen molar-refractivity contribution in [2.75, 3.05) is 6.61 Å². The van der Waals surface area contributed by atoms with E-state index in [0.29, 0.717) is 0 Å². The third-order valence-electron chi connectivity index (χ3n) is 4.13. The van der Waals surface area contributed by atoms with Crippen LogP contribution in [0.25, 0.3) is 0 Å². The summed E-state index contributed by atoms with van der Waals surface area (Å²) in [5.74, 6) is 0. The summed E-state index contributed by atoms with van der Waals surface area (Å²) >= 11 is 0. The molecule has 0 fully saturated rings. The third-order valence-corrected chi connectivity index (χ3v) is 9.17. The molecule has 0 aliphatic heterocycles. The predicted molar refractivity (Wildman–Crippen MR) is 98.2 cm³/mol. The molecule has 2 aromatic carbocycles. The summed E-state index contributed by atoms with van der Waals surface area (Å²) in [4.78, 5) is 0. The van der Waals surface area contributed by atoms with Crippen LogP contribution >= 0.6 is 0 Å². The Bertz CT molecular complexity index is 518. The van der Waals surface area contributed by atoms with Gasteiger partial charge in [-0.1, -0.05) is 94.8 Å². The van der Waals surface area contributed by atoms with Crippen molar-refractivity contribution in [1.82, 2.24) is 0 Å². The molecule has 0 amide bonds. The molecule has 0 aliphatic rings. The van der Waals surface area contributed by atoms with Gasteiger partial charge in [0.15, 0.2) is 0 Å². The van der Waals surface area contributed by atoms with E-state index in [-0.39, 0.29) is 5.04 Å². The van der Waals surface area contributed by atoms with E-state index in [0.717, 1.165) is 19.4 Å². The van der Waals surface area contributed by atoms with E-state index < -0.39 is 8.32 Å². The molecule has 1 nitrogen and oxygen atoms in total. The molecule has 117 valence electrons. The van der Waals surface area contributed by atoms with Gasteiger partial charge in [0.2, 0.25) is 0 Å². The number of unbranched alkanes of at least 4 members (excludes halogenated alkanes) is 1. The highest BCUT2D eigenvalue weighted by atomic mass is 28.4. The molecule has 0 aromatic heterocycles. The fraction of sp³-hybridized carbons (Fsp3) is 0.350. The molecular weight excluding hydrogens is 284 g/mol. The van der Waals surface area contributed by atoms with E-state index in [9.17, 15) is 0 Å². The second kappa shape index (κ2) is 7.25. The highest BCUT2D eigenvalue weighted by Crippen LogP contribution is 2.36. The molecule has 22 heavy (non-hydrogen) atoms. The number of hydrogen-bond donors (Lipinski definition) is 0. The molecule has 0 unspecified atom stereocenters. The zero-order chi connectivity index (χ0) is 16.1. The smallest absolute Gasteiger partial charge is 0.261 e. The van der Waals surface area contributed by atoms with Crippen molar-refractivity contribution < 1.29 is 4.43 Å². The first-order valence-corrected chi connectivity index (χ1v) is 9.97. The predicted octanol–water partition coefficient (Wildman–Crippen LogP) is 4.18. The van der Waals surface area contributed by atoms with Crippen LogP contribution in [0.1, 0.15) is 33.6 Å². The van der Waals surface area contributed by atoms with Gasteiger partial charge in [-0.05, 0) is 21.8 Å². The minimum absolute atomic E-state index is 0.0663. The normalized spacial score (nSPS) is 12.4. The average molecular weight is 312 g/mol. The van der Waals surface area contributed by atoms with E-state index in [1.807, 2.05) is 0 Å². The second-order valence-corrected chi connectivity index (χ2v) is 11.0. The summed E-state index contributed by atoms with van der Waals surface area (Å²) in [6.45, 7) is 11.6. The summed E-state index contributed by atoms with van der Waals surface area (Å²) < 4.78 is 6.71. The van der Waals surface area contributed by atoms with Crippen molar-refractivity contribution in [1.29, 1.82) is 0 Å². The highest BCUT2D eigenvalue weighted by molar-refractivity contribution is 6.99. The first-order valence-electron chi connectivity index (χ1n) is 8.06. The van der Waals surface area contributed by atoms with Crippen LogP contribution in [0, 0.1) is 6.92 Å². The number of benzene rings is 2. The minimum Gasteiger partial charge on any atom is -0.407 e. The molecule has 1 radical (unpaired) electrons. The Morgan fingerprint density at radius 2 is 1.32 bits per heavy atom. The molecular formula is C20H27OSi. The van der Waals surface area contributed by atoms with Crippen LogP contribution in [0.2, 0.25) is 5.04 Å². The van der Waals surface area contributed by atoms with Gasteiger partial charge in [-0.2, -0.15) is 0 Å². The van der Waals surface area contributed by atoms with Crippen LogP contribution in [0.3, 0.4) is 0 Å². The Morgan fingerprint density at radius 1 is 0.864 bits per heavy atom. The van der Waals surface area contributed by atoms with Gasteiger partial charge in [-0.3, -0.25) is 0 Å². The Labute approximate surface area is 136 Å². The monoisotopic (exact) mass is 311 g/mol. The lowest BCUT2D eigenvalue weighted by Gasteiger charge is -2.43. The van der Waals surface area contributed by atoms with Gasteiger partial charge in [0.25, 0.3) is 8.32 Å². The number of rotatable bonds is 6. The minimum atomic E-state index is -2.31. The maximum absolute atomic E-state index is 6.71. The van der Waals surface area contributed by atoms with Gasteiger partial charge in [0, 0.05) is 6.61 Å². The highest BCUT2D eigenvalue weighted by Gasteiger charge is 2.49. The lowest BCUT2D eigenvalue weighted by Crippen LogP contribution is -2.66. The molecule has 0 bridgehead atoms. The number of hydrogen-bond acceptors (Lipinski definition) is 1. The van der Waals surface area contributed by atoms with E-state index in [4.69, 9.17) is 4.43 Å². The van der Waals surface area contributed by atoms with Gasteiger partial charge in [-0.25, -0.2) is 0 Å². The molecule has 2 heteroatoms. The summed E-state index contributed by atoms with van der Waals surface area (Å²) in [5, 5.41) is 2.76. The molecule has 2 aromatic rings. The first-order chi connectivity index (χ1) is 10.5. The largest absolute Gasteiger partial charge is 0.407 e. The van der Waals surface area contributed by atoms with Gasteiger partial charge < -0.3 is 4.43 Å². The fourth-order valence-electron chi connectivity index (χ4n) is 3.09. The van der Waals surface area contributed by atoms with Gasteiger partial charge in [0.05, 0.1) is 0 Å². The molecule has 0 N–H and O–H groups in total. The molecule has 0 saturated heterocycles. The van der Waals surface area contributed by atoms with Gasteiger partial charge in [0.1, 0.15) is 0 Å². The molecule has 2 rings (SSSR count). The molecule has 0 spiro atoms. The van der Waals surface area contributed by atoms with Crippen molar-refractivity contribution >= 4 is 18.7 Å². The third kappa shape index (κ3) is 3.34. The van der Waals surface area contributed by atoms with Crippen LogP contribution in [-0.2, 0) is 4.43 Å². The molecule has 0 atom stereocenters. The van der Waals surface area contributed by atoms with Crippen molar-refractivity contribution in [3.8, 4) is 0 Å². The topological polar surface area (TPSA) is 9.23 Å². The van der Waals surface area contributed by atoms with Crippen molar-refractivity contribution in [2.24, 2.45) is 0 Å². The molecule has 0 aliphatic carbocycles. The summed E-state index contributed by atoms with van der Waals surface area (Å²) in [6.07, 6.45) is 1.92. The van der Waals surface area contributed by atoms with Crippen molar-refractivity contribution in [3.63, 3.8) is 0 Å². The van der Waals surface area contributed by atoms with Gasteiger partial charge >= 0.3 is 0 Å². The Balaban J connectivity index is 2.59. The Morgan fingerprint density at radius 3 is 1.68 bits per heavy atom. The molecule has 0 saturated carbocycles. The van der Waals surface area contributed by atoms with E-state index in [1.165, 1.54) is 10.4 Å². The fourth-order valence-corrected chi connectivity index (χ4v) is 7.69. The average Bonchev–Trinajstić information content (AvgIpc) is 2.52. The Hall–Kier alpha value is -1.38. The van der Waals surface area contributed by atoms with Crippen LogP contribution in [0.4, 0.5) is 0 Å². The summed E-state index contributed by atoms with van der Waals surface area (Å²) in [6, 6.07) is 21.6. The van der Waals surface area contributed by atoms with Crippen LogP contribution < -0.4 is 10.4 Å². The van der Waals surface area contributed by atoms with Crippen LogP contribution in [0.5, 0.6) is 0 Å². The van der Waals surface area contributed by atoms with Gasteiger partial charge in [-0.15, -0.1) is 0 Å². The maximum Gasteiger partial charge on any atom is 0.261 e. The van der Waals surface area contributed by atoms with E-state index >= 15 is 0 Å². The van der Waals surface area contributed by atoms with Crippen LogP contribution in [-0.4, -0.2) is 14.9 Å². The van der Waals surface area contributed by atoms with E-state index in [2.05, 4.69) is 88.4 Å². The second-order valence-electron chi connectivity index (χ2n) is 6.72. The first kappa shape index (κ1) is 17.0. The zero-order valence-corrected chi connectivity index (χ0v) is 15.0. The van der Waals surface area contributed by atoms with E-state index in [1.54, 1.807) is 0 Å². The summed E-state index contributed by atoms with van der Waals surface area (Å²) in [5.41, 5.74) is 0. The quantitative estimate of drug-likeness (QED) is 0.574. The summed E-state index contributed by atoms with van der Waals surface area (Å²) in [7, 11) is -2.31. The maximum atomic E-state index is 6.71. The SMILES string of the molecule is [CH2]CCCO[Si](c1ccccc1)(c1ccccc1)C(C)(C)C. The lowest BCUT2D eigenvalue weighted by atomic mass is 10.2. The standard InChI is InChI=1S/C20H27OSi/c1-5-6-17-21-22(20(2,3)4,18-13-9-7-10-14-18)19-15-11-8-12-16-19/h7-16H,1,5-6,17H2,2-4H3.